The summed E-state index contributed by atoms with van der Waals surface area (Å²) >= 11 is 5.54. The number of carboxylic acids is 1. The summed E-state index contributed by atoms with van der Waals surface area (Å²) in [7, 11) is 0. The molecule has 0 saturated heterocycles. The fourth-order valence-electron chi connectivity index (χ4n) is 1.28. The van der Waals surface area contributed by atoms with Gasteiger partial charge in [0.25, 0.3) is 0 Å². The molecule has 0 saturated carbocycles. The largest absolute Gasteiger partial charge is 0.478 e. The third kappa shape index (κ3) is 4.07. The summed E-state index contributed by atoms with van der Waals surface area (Å²) in [5.74, 6) is -1.44. The first kappa shape index (κ1) is 13.5. The molecule has 0 spiro atoms. The van der Waals surface area contributed by atoms with Gasteiger partial charge in [0.05, 0.1) is 5.02 Å². The monoisotopic (exact) mass is 257 g/mol. The Morgan fingerprint density at radius 1 is 1.59 bits per heavy atom. The Bertz CT molecular complexity index is 446. The highest BCUT2D eigenvalue weighted by Crippen LogP contribution is 2.18. The number of halogens is 2. The fraction of sp³-hybridized carbons (Fsp3) is 0.250. The number of hydrogen-bond acceptors (Lipinski definition) is 2. The van der Waals surface area contributed by atoms with Crippen molar-refractivity contribution in [2.75, 3.05) is 11.9 Å². The Hall–Kier alpha value is -1.55. The zero-order chi connectivity index (χ0) is 12.8. The number of anilines is 1. The van der Waals surface area contributed by atoms with Crippen molar-refractivity contribution < 1.29 is 14.3 Å². The van der Waals surface area contributed by atoms with Gasteiger partial charge in [0.15, 0.2) is 0 Å². The van der Waals surface area contributed by atoms with Gasteiger partial charge in [-0.05, 0) is 24.6 Å². The van der Waals surface area contributed by atoms with Crippen LogP contribution in [0, 0.1) is 5.82 Å². The third-order valence-electron chi connectivity index (χ3n) is 2.23. The normalized spacial score (nSPS) is 11.4. The first-order valence-corrected chi connectivity index (χ1v) is 5.53. The van der Waals surface area contributed by atoms with Gasteiger partial charge in [0.2, 0.25) is 0 Å². The van der Waals surface area contributed by atoms with Crippen LogP contribution in [0.4, 0.5) is 10.1 Å². The summed E-state index contributed by atoms with van der Waals surface area (Å²) in [5, 5.41) is 11.7. The highest BCUT2D eigenvalue weighted by molar-refractivity contribution is 6.30. The minimum atomic E-state index is -0.934. The van der Waals surface area contributed by atoms with Gasteiger partial charge in [0.1, 0.15) is 5.82 Å². The molecule has 0 atom stereocenters. The Balaban J connectivity index is 2.61. The van der Waals surface area contributed by atoms with Crippen molar-refractivity contribution in [3.05, 3.63) is 40.7 Å². The number of benzene rings is 1. The summed E-state index contributed by atoms with van der Waals surface area (Å²) in [5.41, 5.74) is 0.885. The molecule has 1 rings (SSSR count). The van der Waals surface area contributed by atoms with Crippen molar-refractivity contribution in [3.8, 4) is 0 Å². The van der Waals surface area contributed by atoms with E-state index in [-0.39, 0.29) is 5.02 Å². The Kier molecular flexibility index (Phi) is 4.97. The highest BCUT2D eigenvalue weighted by atomic mass is 35.5. The van der Waals surface area contributed by atoms with Crippen LogP contribution < -0.4 is 5.32 Å². The zero-order valence-corrected chi connectivity index (χ0v) is 10.1. The van der Waals surface area contributed by atoms with Crippen LogP contribution in [-0.2, 0) is 4.79 Å². The summed E-state index contributed by atoms with van der Waals surface area (Å²) in [4.78, 5) is 10.7. The lowest BCUT2D eigenvalue weighted by Gasteiger charge is -2.05. The highest BCUT2D eigenvalue weighted by Gasteiger charge is 2.03. The Morgan fingerprint density at radius 2 is 2.29 bits per heavy atom. The molecule has 0 bridgehead atoms. The molecule has 17 heavy (non-hydrogen) atoms. The molecule has 0 amide bonds. The number of hydrogen-bond donors (Lipinski definition) is 2. The molecule has 0 radical (unpaired) electrons. The molecule has 0 aromatic heterocycles. The molecule has 2 N–H and O–H groups in total. The van der Waals surface area contributed by atoms with E-state index >= 15 is 0 Å². The number of carboxylic acid groups (broad SMARTS) is 1. The van der Waals surface area contributed by atoms with Gasteiger partial charge in [-0.3, -0.25) is 0 Å². The van der Waals surface area contributed by atoms with E-state index in [0.717, 1.165) is 0 Å². The molecule has 3 nitrogen and oxygen atoms in total. The van der Waals surface area contributed by atoms with Gasteiger partial charge >= 0.3 is 5.97 Å². The van der Waals surface area contributed by atoms with E-state index in [1.807, 2.05) is 0 Å². The molecule has 0 aliphatic heterocycles. The van der Waals surface area contributed by atoms with E-state index in [0.29, 0.717) is 24.2 Å². The second-order valence-corrected chi connectivity index (χ2v) is 3.81. The van der Waals surface area contributed by atoms with Crippen LogP contribution in [0.1, 0.15) is 13.3 Å². The maximum absolute atomic E-state index is 13.1. The van der Waals surface area contributed by atoms with E-state index in [2.05, 4.69) is 5.32 Å². The van der Waals surface area contributed by atoms with Crippen molar-refractivity contribution in [2.45, 2.75) is 13.3 Å². The molecule has 0 aliphatic rings. The molecule has 1 aromatic rings. The van der Waals surface area contributed by atoms with Gasteiger partial charge < -0.3 is 10.4 Å². The lowest BCUT2D eigenvalue weighted by molar-refractivity contribution is -0.132. The minimum Gasteiger partial charge on any atom is -0.478 e. The summed E-state index contributed by atoms with van der Waals surface area (Å²) in [6, 6.07) is 4.34. The molecular weight excluding hydrogens is 245 g/mol. The van der Waals surface area contributed by atoms with Gasteiger partial charge in [-0.1, -0.05) is 24.6 Å². The SMILES string of the molecule is CC/C(=C/CNc1ccc(Cl)c(F)c1)C(=O)O. The summed E-state index contributed by atoms with van der Waals surface area (Å²) < 4.78 is 13.1. The lowest BCUT2D eigenvalue weighted by Crippen LogP contribution is -2.04. The van der Waals surface area contributed by atoms with Crippen molar-refractivity contribution in [1.82, 2.24) is 0 Å². The van der Waals surface area contributed by atoms with Crippen molar-refractivity contribution in [3.63, 3.8) is 0 Å². The van der Waals surface area contributed by atoms with E-state index < -0.39 is 11.8 Å². The van der Waals surface area contributed by atoms with E-state index in [4.69, 9.17) is 16.7 Å². The molecule has 0 unspecified atom stereocenters. The first-order valence-electron chi connectivity index (χ1n) is 5.15. The van der Waals surface area contributed by atoms with Crippen LogP contribution in [-0.4, -0.2) is 17.6 Å². The van der Waals surface area contributed by atoms with Gasteiger partial charge in [-0.2, -0.15) is 0 Å². The van der Waals surface area contributed by atoms with E-state index in [9.17, 15) is 9.18 Å². The van der Waals surface area contributed by atoms with Crippen molar-refractivity contribution >= 4 is 23.3 Å². The number of carbonyl (C=O) groups is 1. The number of aliphatic carboxylic acids is 1. The molecule has 0 heterocycles. The fourth-order valence-corrected chi connectivity index (χ4v) is 1.40. The van der Waals surface area contributed by atoms with Crippen LogP contribution >= 0.6 is 11.6 Å². The quantitative estimate of drug-likeness (QED) is 0.796. The predicted molar refractivity (Wildman–Crippen MR) is 65.9 cm³/mol. The van der Waals surface area contributed by atoms with Gasteiger partial charge in [0, 0.05) is 17.8 Å². The van der Waals surface area contributed by atoms with Crippen LogP contribution in [0.5, 0.6) is 0 Å². The molecule has 0 fully saturated rings. The minimum absolute atomic E-state index is 0.0610. The van der Waals surface area contributed by atoms with E-state index in [1.54, 1.807) is 19.1 Å². The lowest BCUT2D eigenvalue weighted by atomic mass is 10.2. The maximum Gasteiger partial charge on any atom is 0.331 e. The number of rotatable bonds is 5. The van der Waals surface area contributed by atoms with E-state index in [1.165, 1.54) is 12.1 Å². The Labute approximate surface area is 104 Å². The smallest absolute Gasteiger partial charge is 0.331 e. The maximum atomic E-state index is 13.1. The zero-order valence-electron chi connectivity index (χ0n) is 9.34. The first-order chi connectivity index (χ1) is 8.04. The average molecular weight is 258 g/mol. The second-order valence-electron chi connectivity index (χ2n) is 3.40. The predicted octanol–water partition coefficient (Wildman–Crippen LogP) is 3.31. The second kappa shape index (κ2) is 6.25. The third-order valence-corrected chi connectivity index (χ3v) is 2.54. The summed E-state index contributed by atoms with van der Waals surface area (Å²) in [6.07, 6.45) is 2.01. The van der Waals surface area contributed by atoms with Crippen molar-refractivity contribution in [2.24, 2.45) is 0 Å². The molecular formula is C12H13ClFNO2. The van der Waals surface area contributed by atoms with Crippen LogP contribution in [0.25, 0.3) is 0 Å². The number of nitrogens with one attached hydrogen (secondary N) is 1. The van der Waals surface area contributed by atoms with Crippen molar-refractivity contribution in [1.29, 1.82) is 0 Å². The molecule has 5 heteroatoms. The Morgan fingerprint density at radius 3 is 2.82 bits per heavy atom. The molecule has 1 aromatic carbocycles. The van der Waals surface area contributed by atoms with Crippen LogP contribution in [0.15, 0.2) is 29.8 Å². The topological polar surface area (TPSA) is 49.3 Å². The van der Waals surface area contributed by atoms with Gasteiger partial charge in [-0.25, -0.2) is 9.18 Å². The average Bonchev–Trinajstić information content (AvgIpc) is 2.28. The van der Waals surface area contributed by atoms with Crippen LogP contribution in [0.2, 0.25) is 5.02 Å². The summed E-state index contributed by atoms with van der Waals surface area (Å²) in [6.45, 7) is 2.10. The standard InChI is InChI=1S/C12H13ClFNO2/c1-2-8(12(16)17)5-6-15-9-3-4-10(13)11(14)7-9/h3-5,7,15H,2,6H2,1H3,(H,16,17)/b8-5-. The molecule has 0 aliphatic carbocycles. The van der Waals surface area contributed by atoms with Gasteiger partial charge in [-0.15, -0.1) is 0 Å². The molecule has 92 valence electrons. The van der Waals surface area contributed by atoms with Crippen LogP contribution in [0.3, 0.4) is 0 Å².